The highest BCUT2D eigenvalue weighted by Gasteiger charge is 2.42. The molecule has 114 valence electrons. The number of nitrogens with one attached hydrogen (secondary N) is 1. The number of para-hydroxylation sites is 1. The number of β-amino-alcohol motifs (C(OH)–C–C–N with tert-alkyl or cyclic N) is 1. The van der Waals surface area contributed by atoms with Crippen molar-refractivity contribution in [1.82, 2.24) is 10.2 Å². The summed E-state index contributed by atoms with van der Waals surface area (Å²) < 4.78 is 5.37. The number of piperidine rings is 1. The van der Waals surface area contributed by atoms with Crippen molar-refractivity contribution in [2.45, 2.75) is 37.3 Å². The molecule has 1 saturated heterocycles. The van der Waals surface area contributed by atoms with E-state index in [0.717, 1.165) is 37.1 Å². The SMILES string of the molecule is COc1ccccc1[C@@H]1C[C@@H]1NC(=O)N1CCC[C@@H](O)C1. The molecule has 1 aliphatic carbocycles. The van der Waals surface area contributed by atoms with Gasteiger partial charge in [-0.2, -0.15) is 0 Å². The Morgan fingerprint density at radius 1 is 1.43 bits per heavy atom. The van der Waals surface area contributed by atoms with Crippen molar-refractivity contribution in [3.63, 3.8) is 0 Å². The number of urea groups is 1. The number of aliphatic hydroxyl groups is 1. The summed E-state index contributed by atoms with van der Waals surface area (Å²) in [5.74, 6) is 1.22. The minimum absolute atomic E-state index is 0.0591. The first-order valence-corrected chi connectivity index (χ1v) is 7.55. The number of rotatable bonds is 3. The average molecular weight is 290 g/mol. The number of carbonyl (C=O) groups excluding carboxylic acids is 1. The minimum atomic E-state index is -0.381. The van der Waals surface area contributed by atoms with Gasteiger partial charge in [0.2, 0.25) is 0 Å². The maximum absolute atomic E-state index is 12.2. The number of likely N-dealkylation sites (tertiary alicyclic amines) is 1. The van der Waals surface area contributed by atoms with Gasteiger partial charge in [0.25, 0.3) is 0 Å². The van der Waals surface area contributed by atoms with Crippen molar-refractivity contribution in [1.29, 1.82) is 0 Å². The second kappa shape index (κ2) is 5.93. The fraction of sp³-hybridized carbons (Fsp3) is 0.562. The Bertz CT molecular complexity index is 520. The molecule has 0 unspecified atom stereocenters. The summed E-state index contributed by atoms with van der Waals surface area (Å²) >= 11 is 0. The molecule has 1 aliphatic heterocycles. The predicted octanol–water partition coefficient (Wildman–Crippen LogP) is 1.72. The van der Waals surface area contributed by atoms with Crippen LogP contribution in [-0.2, 0) is 0 Å². The number of nitrogens with zero attached hydrogens (tertiary/aromatic N) is 1. The van der Waals surface area contributed by atoms with E-state index in [1.807, 2.05) is 18.2 Å². The molecule has 21 heavy (non-hydrogen) atoms. The molecule has 2 aliphatic rings. The molecule has 0 bridgehead atoms. The third-order valence-electron chi connectivity index (χ3n) is 4.32. The van der Waals surface area contributed by atoms with E-state index in [4.69, 9.17) is 4.74 Å². The Balaban J connectivity index is 1.57. The van der Waals surface area contributed by atoms with Crippen LogP contribution in [0.3, 0.4) is 0 Å². The van der Waals surface area contributed by atoms with E-state index in [2.05, 4.69) is 11.4 Å². The summed E-state index contributed by atoms with van der Waals surface area (Å²) in [6, 6.07) is 8.07. The number of ether oxygens (including phenoxy) is 1. The van der Waals surface area contributed by atoms with E-state index < -0.39 is 0 Å². The number of aliphatic hydroxyl groups excluding tert-OH is 1. The molecule has 1 aromatic carbocycles. The van der Waals surface area contributed by atoms with Gasteiger partial charge in [0.05, 0.1) is 13.2 Å². The highest BCUT2D eigenvalue weighted by molar-refractivity contribution is 5.75. The number of hydrogen-bond donors (Lipinski definition) is 2. The Morgan fingerprint density at radius 3 is 3.00 bits per heavy atom. The van der Waals surface area contributed by atoms with Crippen molar-refractivity contribution in [3.05, 3.63) is 29.8 Å². The second-order valence-electron chi connectivity index (χ2n) is 5.88. The molecule has 1 saturated carbocycles. The van der Waals surface area contributed by atoms with Gasteiger partial charge in [-0.3, -0.25) is 0 Å². The zero-order chi connectivity index (χ0) is 14.8. The van der Waals surface area contributed by atoms with Gasteiger partial charge in [0.15, 0.2) is 0 Å². The zero-order valence-corrected chi connectivity index (χ0v) is 12.3. The molecule has 3 rings (SSSR count). The third-order valence-corrected chi connectivity index (χ3v) is 4.32. The van der Waals surface area contributed by atoms with Gasteiger partial charge in [0, 0.05) is 25.0 Å². The van der Waals surface area contributed by atoms with E-state index in [9.17, 15) is 9.90 Å². The maximum Gasteiger partial charge on any atom is 0.317 e. The fourth-order valence-electron chi connectivity index (χ4n) is 3.06. The van der Waals surface area contributed by atoms with E-state index in [0.29, 0.717) is 12.5 Å². The molecule has 0 spiro atoms. The van der Waals surface area contributed by atoms with Crippen LogP contribution in [0.25, 0.3) is 0 Å². The normalized spacial score (nSPS) is 28.1. The van der Waals surface area contributed by atoms with Crippen LogP contribution in [0.15, 0.2) is 24.3 Å². The molecular weight excluding hydrogens is 268 g/mol. The highest BCUT2D eigenvalue weighted by Crippen LogP contribution is 2.44. The van der Waals surface area contributed by atoms with E-state index in [1.54, 1.807) is 12.0 Å². The molecule has 2 amide bonds. The lowest BCUT2D eigenvalue weighted by Gasteiger charge is -2.30. The Morgan fingerprint density at radius 2 is 2.24 bits per heavy atom. The van der Waals surface area contributed by atoms with Gasteiger partial charge < -0.3 is 20.1 Å². The van der Waals surface area contributed by atoms with E-state index in [-0.39, 0.29) is 18.2 Å². The number of hydrogen-bond acceptors (Lipinski definition) is 3. The number of methoxy groups -OCH3 is 1. The van der Waals surface area contributed by atoms with Crippen molar-refractivity contribution >= 4 is 6.03 Å². The number of amides is 2. The standard InChI is InChI=1S/C16H22N2O3/c1-21-15-7-3-2-6-12(15)13-9-14(13)17-16(20)18-8-4-5-11(19)10-18/h2-3,6-7,11,13-14,19H,4-5,8-10H2,1H3,(H,17,20)/t11-,13+,14+/m1/s1. The maximum atomic E-state index is 12.2. The first-order valence-electron chi connectivity index (χ1n) is 7.55. The van der Waals surface area contributed by atoms with Gasteiger partial charge in [-0.05, 0) is 30.9 Å². The van der Waals surface area contributed by atoms with E-state index >= 15 is 0 Å². The minimum Gasteiger partial charge on any atom is -0.496 e. The molecule has 1 heterocycles. The molecule has 2 N–H and O–H groups in total. The zero-order valence-electron chi connectivity index (χ0n) is 12.3. The first-order chi connectivity index (χ1) is 10.2. The van der Waals surface area contributed by atoms with Crippen LogP contribution in [0.5, 0.6) is 5.75 Å². The highest BCUT2D eigenvalue weighted by atomic mass is 16.5. The summed E-state index contributed by atoms with van der Waals surface area (Å²) in [6.45, 7) is 1.17. The van der Waals surface area contributed by atoms with Gasteiger partial charge in [-0.25, -0.2) is 4.79 Å². The predicted molar refractivity (Wildman–Crippen MR) is 79.5 cm³/mol. The van der Waals surface area contributed by atoms with Crippen molar-refractivity contribution in [2.75, 3.05) is 20.2 Å². The van der Waals surface area contributed by atoms with Crippen LogP contribution in [0.1, 0.15) is 30.7 Å². The quantitative estimate of drug-likeness (QED) is 0.891. The lowest BCUT2D eigenvalue weighted by molar-refractivity contribution is 0.0841. The smallest absolute Gasteiger partial charge is 0.317 e. The Labute approximate surface area is 124 Å². The largest absolute Gasteiger partial charge is 0.496 e. The molecule has 5 heteroatoms. The number of carbonyl (C=O) groups is 1. The molecule has 1 aromatic rings. The lowest BCUT2D eigenvalue weighted by atomic mass is 10.1. The lowest BCUT2D eigenvalue weighted by Crippen LogP contribution is -2.47. The van der Waals surface area contributed by atoms with Crippen LogP contribution < -0.4 is 10.1 Å². The van der Waals surface area contributed by atoms with Crippen LogP contribution >= 0.6 is 0 Å². The Hall–Kier alpha value is -1.75. The first kappa shape index (κ1) is 14.2. The second-order valence-corrected chi connectivity index (χ2v) is 5.88. The third kappa shape index (κ3) is 3.13. The van der Waals surface area contributed by atoms with Crippen LogP contribution in [0.2, 0.25) is 0 Å². The average Bonchev–Trinajstić information content (AvgIpc) is 3.26. The molecule has 2 fully saturated rings. The van der Waals surface area contributed by atoms with Gasteiger partial charge >= 0.3 is 6.03 Å². The molecule has 0 radical (unpaired) electrons. The van der Waals surface area contributed by atoms with Crippen molar-refractivity contribution in [2.24, 2.45) is 0 Å². The molecule has 0 aromatic heterocycles. The van der Waals surface area contributed by atoms with Crippen LogP contribution in [-0.4, -0.2) is 48.4 Å². The van der Waals surface area contributed by atoms with Gasteiger partial charge in [-0.1, -0.05) is 18.2 Å². The summed E-state index contributed by atoms with van der Waals surface area (Å²) in [4.78, 5) is 13.9. The molecule has 3 atom stereocenters. The van der Waals surface area contributed by atoms with Crippen molar-refractivity contribution < 1.29 is 14.6 Å². The summed E-state index contributed by atoms with van der Waals surface area (Å²) in [6.07, 6.45) is 2.23. The monoisotopic (exact) mass is 290 g/mol. The summed E-state index contributed by atoms with van der Waals surface area (Å²) in [5, 5.41) is 12.7. The van der Waals surface area contributed by atoms with Crippen molar-refractivity contribution in [3.8, 4) is 5.75 Å². The van der Waals surface area contributed by atoms with Crippen LogP contribution in [0.4, 0.5) is 4.79 Å². The van der Waals surface area contributed by atoms with Gasteiger partial charge in [0.1, 0.15) is 5.75 Å². The van der Waals surface area contributed by atoms with Crippen LogP contribution in [0, 0.1) is 0 Å². The topological polar surface area (TPSA) is 61.8 Å². The molecular formula is C16H22N2O3. The molecule has 5 nitrogen and oxygen atoms in total. The number of benzene rings is 1. The fourth-order valence-corrected chi connectivity index (χ4v) is 3.06. The summed E-state index contributed by atoms with van der Waals surface area (Å²) in [7, 11) is 1.67. The summed E-state index contributed by atoms with van der Waals surface area (Å²) in [5.41, 5.74) is 1.16. The van der Waals surface area contributed by atoms with Gasteiger partial charge in [-0.15, -0.1) is 0 Å². The van der Waals surface area contributed by atoms with E-state index in [1.165, 1.54) is 0 Å². The Kier molecular flexibility index (Phi) is 4.01.